The van der Waals surface area contributed by atoms with Gasteiger partial charge < -0.3 is 25.0 Å². The molecule has 0 spiro atoms. The molecule has 2 saturated heterocycles. The van der Waals surface area contributed by atoms with Gasteiger partial charge in [0.1, 0.15) is 17.4 Å². The molecule has 2 aromatic rings. The van der Waals surface area contributed by atoms with E-state index in [0.29, 0.717) is 55.4 Å². The first-order chi connectivity index (χ1) is 16.9. The summed E-state index contributed by atoms with van der Waals surface area (Å²) in [5, 5.41) is 0. The van der Waals surface area contributed by atoms with Crippen molar-refractivity contribution in [1.82, 2.24) is 9.88 Å². The molecule has 11 heteroatoms. The van der Waals surface area contributed by atoms with Gasteiger partial charge in [0.2, 0.25) is 0 Å². The largest absolute Gasteiger partial charge is 0.492 e. The van der Waals surface area contributed by atoms with Crippen LogP contribution in [0, 0.1) is 5.92 Å². The van der Waals surface area contributed by atoms with Gasteiger partial charge in [-0.1, -0.05) is 12.1 Å². The maximum Gasteiger partial charge on any atom is 0.259 e. The highest BCUT2D eigenvalue weighted by molar-refractivity contribution is 7.89. The van der Waals surface area contributed by atoms with Gasteiger partial charge in [0.05, 0.1) is 31.1 Å². The number of amides is 1. The minimum Gasteiger partial charge on any atom is -0.492 e. The highest BCUT2D eigenvalue weighted by Crippen LogP contribution is 2.29. The fraction of sp³-hybridized carbons (Fsp3) is 0.458. The molecule has 1 aromatic carbocycles. The number of carbonyl (C=O) groups is 1. The lowest BCUT2D eigenvalue weighted by Gasteiger charge is -2.34. The first-order valence-electron chi connectivity index (χ1n) is 11.8. The van der Waals surface area contributed by atoms with E-state index >= 15 is 0 Å². The van der Waals surface area contributed by atoms with Gasteiger partial charge in [-0.3, -0.25) is 4.79 Å². The van der Waals surface area contributed by atoms with Gasteiger partial charge in [-0.25, -0.2) is 13.4 Å². The van der Waals surface area contributed by atoms with Gasteiger partial charge in [0.15, 0.2) is 0 Å². The van der Waals surface area contributed by atoms with E-state index in [1.807, 2.05) is 11.0 Å². The van der Waals surface area contributed by atoms with Crippen molar-refractivity contribution < 1.29 is 22.7 Å². The molecule has 1 amide bonds. The number of fused-ring (bicyclic) bond motifs is 1. The molecule has 186 valence electrons. The van der Waals surface area contributed by atoms with Gasteiger partial charge >= 0.3 is 0 Å². The number of hydrogen-bond acceptors (Lipinski definition) is 8. The summed E-state index contributed by atoms with van der Waals surface area (Å²) in [4.78, 5) is 21.4. The molecule has 5 rings (SSSR count). The monoisotopic (exact) mass is 499 g/mol. The number of anilines is 1. The van der Waals surface area contributed by atoms with E-state index < -0.39 is 10.0 Å². The summed E-state index contributed by atoms with van der Waals surface area (Å²) < 4.78 is 39.0. The molecule has 1 atom stereocenters. The van der Waals surface area contributed by atoms with Crippen LogP contribution in [0.3, 0.4) is 0 Å². The second-order valence-corrected chi connectivity index (χ2v) is 10.7. The molecule has 2 fully saturated rings. The Hall–Kier alpha value is -3.18. The molecule has 10 nitrogen and oxygen atoms in total. The fourth-order valence-electron chi connectivity index (χ4n) is 4.82. The highest BCUT2D eigenvalue weighted by Gasteiger charge is 2.27. The average molecular weight is 500 g/mol. The summed E-state index contributed by atoms with van der Waals surface area (Å²) in [6.07, 6.45) is 3.66. The lowest BCUT2D eigenvalue weighted by atomic mass is 9.98. The second-order valence-electron chi connectivity index (χ2n) is 9.07. The Bertz CT molecular complexity index is 1240. The van der Waals surface area contributed by atoms with E-state index in [4.69, 9.17) is 15.2 Å². The van der Waals surface area contributed by atoms with Crippen molar-refractivity contribution in [2.24, 2.45) is 16.0 Å². The molecule has 1 aromatic heterocycles. The number of carbonyl (C=O) groups excluding carboxylic acids is 1. The Morgan fingerprint density at radius 2 is 2.03 bits per heavy atom. The third-order valence-electron chi connectivity index (χ3n) is 6.55. The number of nitrogens with zero attached hydrogens (tertiary/aromatic N) is 4. The zero-order valence-electron chi connectivity index (χ0n) is 19.4. The highest BCUT2D eigenvalue weighted by atomic mass is 32.2. The number of ether oxygens (including phenoxy) is 2. The number of nitrogens with two attached hydrogens (primary N) is 1. The summed E-state index contributed by atoms with van der Waals surface area (Å²) >= 11 is 0. The number of amidine groups is 1. The summed E-state index contributed by atoms with van der Waals surface area (Å²) in [5.41, 5.74) is 7.76. The van der Waals surface area contributed by atoms with Crippen LogP contribution in [0.2, 0.25) is 0 Å². The summed E-state index contributed by atoms with van der Waals surface area (Å²) in [6.45, 7) is 4.39. The minimum absolute atomic E-state index is 0.00367. The Balaban J connectivity index is 1.25. The molecule has 0 bridgehead atoms. The molecule has 35 heavy (non-hydrogen) atoms. The third kappa shape index (κ3) is 5.25. The Morgan fingerprint density at radius 3 is 2.86 bits per heavy atom. The van der Waals surface area contributed by atoms with Gasteiger partial charge in [-0.15, -0.1) is 4.40 Å². The summed E-state index contributed by atoms with van der Waals surface area (Å²) in [6, 6.07) is 8.93. The van der Waals surface area contributed by atoms with Crippen LogP contribution in [0.5, 0.6) is 5.75 Å². The topological polar surface area (TPSA) is 127 Å². The number of sulfonamides is 1. The molecule has 3 aliphatic heterocycles. The number of piperidine rings is 1. The number of benzene rings is 1. The van der Waals surface area contributed by atoms with Crippen molar-refractivity contribution in [2.45, 2.75) is 18.6 Å². The number of rotatable bonds is 5. The minimum atomic E-state index is -3.59. The first kappa shape index (κ1) is 23.6. The van der Waals surface area contributed by atoms with E-state index in [9.17, 15) is 13.2 Å². The molecule has 0 radical (unpaired) electrons. The smallest absolute Gasteiger partial charge is 0.259 e. The molecular formula is C24H29N5O5S. The standard InChI is InChI=1S/C24H29N5O5S/c25-23-22-19(16-35(31,32)27-23)4-1-5-20(22)34-15-17-3-2-8-29(14-17)21-13-18(6-7-26-21)24(30)28-9-11-33-12-10-28/h1,4-7,13,17H,2-3,8-12,14-16H2,(H2,25,27)/t17-/m0/s1. The molecule has 0 unspecified atom stereocenters. The number of aromatic nitrogens is 1. The molecule has 4 heterocycles. The zero-order chi connectivity index (χ0) is 24.4. The summed E-state index contributed by atoms with van der Waals surface area (Å²) in [5.74, 6) is 1.37. The quantitative estimate of drug-likeness (QED) is 0.654. The fourth-order valence-corrected chi connectivity index (χ4v) is 5.91. The first-order valence-corrected chi connectivity index (χ1v) is 13.4. The van der Waals surface area contributed by atoms with Crippen molar-refractivity contribution >= 4 is 27.6 Å². The lowest BCUT2D eigenvalue weighted by molar-refractivity contribution is 0.0303. The van der Waals surface area contributed by atoms with Crippen LogP contribution in [0.1, 0.15) is 34.3 Å². The SMILES string of the molecule is NC1=NS(=O)(=O)Cc2cccc(OC[C@H]3CCCN(c4cc(C(=O)N5CCOCC5)ccn4)C3)c21. The Kier molecular flexibility index (Phi) is 6.61. The van der Waals surface area contributed by atoms with Gasteiger partial charge in [-0.2, -0.15) is 0 Å². The van der Waals surface area contributed by atoms with Crippen LogP contribution < -0.4 is 15.4 Å². The van der Waals surface area contributed by atoms with E-state index in [-0.39, 0.29) is 23.4 Å². The molecule has 2 N–H and O–H groups in total. The molecule has 3 aliphatic rings. The molecular weight excluding hydrogens is 470 g/mol. The second kappa shape index (κ2) is 9.82. The van der Waals surface area contributed by atoms with E-state index in [2.05, 4.69) is 14.3 Å². The van der Waals surface area contributed by atoms with Crippen molar-refractivity contribution in [3.05, 3.63) is 53.2 Å². The molecule has 0 saturated carbocycles. The Morgan fingerprint density at radius 1 is 1.20 bits per heavy atom. The van der Waals surface area contributed by atoms with Crippen LogP contribution in [0.4, 0.5) is 5.82 Å². The van der Waals surface area contributed by atoms with Crippen LogP contribution in [-0.4, -0.2) is 76.0 Å². The van der Waals surface area contributed by atoms with Crippen molar-refractivity contribution in [3.63, 3.8) is 0 Å². The van der Waals surface area contributed by atoms with E-state index in [1.54, 1.807) is 30.5 Å². The van der Waals surface area contributed by atoms with E-state index in [0.717, 1.165) is 31.7 Å². The van der Waals surface area contributed by atoms with Crippen LogP contribution in [0.15, 0.2) is 40.9 Å². The van der Waals surface area contributed by atoms with Crippen molar-refractivity contribution in [1.29, 1.82) is 0 Å². The Labute approximate surface area is 204 Å². The van der Waals surface area contributed by atoms with Crippen molar-refractivity contribution in [3.8, 4) is 5.75 Å². The van der Waals surface area contributed by atoms with Crippen molar-refractivity contribution in [2.75, 3.05) is 50.9 Å². The molecule has 0 aliphatic carbocycles. The van der Waals surface area contributed by atoms with Gasteiger partial charge in [-0.05, 0) is 36.6 Å². The lowest BCUT2D eigenvalue weighted by Crippen LogP contribution is -2.41. The normalized spacial score (nSPS) is 21.7. The van der Waals surface area contributed by atoms with Crippen LogP contribution in [-0.2, 0) is 20.5 Å². The van der Waals surface area contributed by atoms with Gasteiger partial charge in [0, 0.05) is 43.9 Å². The maximum absolute atomic E-state index is 12.9. The number of hydrogen-bond donors (Lipinski definition) is 1. The van der Waals surface area contributed by atoms with Crippen LogP contribution >= 0.6 is 0 Å². The average Bonchev–Trinajstić information content (AvgIpc) is 2.87. The van der Waals surface area contributed by atoms with Gasteiger partial charge in [0.25, 0.3) is 15.9 Å². The van der Waals surface area contributed by atoms with E-state index in [1.165, 1.54) is 0 Å². The zero-order valence-corrected chi connectivity index (χ0v) is 20.2. The number of pyridine rings is 1. The predicted molar refractivity (Wildman–Crippen MR) is 131 cm³/mol. The third-order valence-corrected chi connectivity index (χ3v) is 7.70. The number of morpholine rings is 1. The van der Waals surface area contributed by atoms with Crippen LogP contribution in [0.25, 0.3) is 0 Å². The predicted octanol–water partition coefficient (Wildman–Crippen LogP) is 1.40. The summed E-state index contributed by atoms with van der Waals surface area (Å²) in [7, 11) is -3.59. The maximum atomic E-state index is 12.9.